The first kappa shape index (κ1) is 28.1. The Morgan fingerprint density at radius 2 is 0.857 bits per heavy atom. The normalized spacial score (nSPS) is 13.6. The molecule has 2 heteroatoms. The highest BCUT2D eigenvalue weighted by Crippen LogP contribution is 2.34. The lowest BCUT2D eigenvalue weighted by Gasteiger charge is -2.19. The van der Waals surface area contributed by atoms with E-state index in [0.717, 1.165) is 61.5 Å². The highest BCUT2D eigenvalue weighted by molar-refractivity contribution is 5.77. The van der Waals surface area contributed by atoms with E-state index in [1.54, 1.807) is 0 Å². The summed E-state index contributed by atoms with van der Waals surface area (Å²) in [4.78, 5) is 0. The standard InChI is InChI=1S/C25H30N.C22H24N/c1-17-12-13-26(7)24(14-17)23-16-22(18(2)15-19(23)3)20-8-10-21(11-9-20)25(4,5)6;1-15-6-8-19(9-7-15)20-14-21(18(4)13-17(20)3)22-12-16(2)10-11-23(22)5/h8-16H,1-7H3;6-14H,1-5H3/q2*+1/i2D3;3D3. The molecule has 6 rings (SSSR count). The number of hydrogen-bond donors (Lipinski definition) is 0. The molecule has 2 heterocycles. The summed E-state index contributed by atoms with van der Waals surface area (Å²) in [6, 6.07) is 32.4. The number of benzene rings is 4. The van der Waals surface area contributed by atoms with Gasteiger partial charge in [0.15, 0.2) is 12.4 Å². The van der Waals surface area contributed by atoms with Gasteiger partial charge < -0.3 is 0 Å². The van der Waals surface area contributed by atoms with Crippen molar-refractivity contribution in [2.45, 2.75) is 74.5 Å². The predicted octanol–water partition coefficient (Wildman–Crippen LogP) is 11.1. The van der Waals surface area contributed by atoms with Crippen LogP contribution in [0.2, 0.25) is 0 Å². The van der Waals surface area contributed by atoms with Gasteiger partial charge in [0.2, 0.25) is 11.4 Å². The zero-order valence-corrected chi connectivity index (χ0v) is 30.8. The number of hydrogen-bond acceptors (Lipinski definition) is 0. The second kappa shape index (κ2) is 14.3. The predicted molar refractivity (Wildman–Crippen MR) is 209 cm³/mol. The van der Waals surface area contributed by atoms with Crippen LogP contribution in [0.3, 0.4) is 0 Å². The third kappa shape index (κ3) is 8.08. The number of nitrogens with zero attached hydrogens (tertiary/aromatic N) is 2. The SMILES string of the molecule is [2H]C([2H])([2H])c1cc(C)c(-c2cc(C)cc[n+]2C)cc1-c1ccc(C(C)(C)C)cc1.[2H]C([2H])([2H])c1cc(C)c(-c2cc(C)cc[n+]2C)cc1-c1ccc(C)cc1. The third-order valence-corrected chi connectivity index (χ3v) is 9.32. The molecule has 250 valence electrons. The van der Waals surface area contributed by atoms with Crippen molar-refractivity contribution in [1.82, 2.24) is 0 Å². The van der Waals surface area contributed by atoms with Gasteiger partial charge >= 0.3 is 0 Å². The van der Waals surface area contributed by atoms with Crippen molar-refractivity contribution in [1.29, 1.82) is 0 Å². The molecular formula is C47H54N2+2. The molecule has 0 bridgehead atoms. The Bertz CT molecular complexity index is 2330. The van der Waals surface area contributed by atoms with E-state index in [-0.39, 0.29) is 5.41 Å². The minimum atomic E-state index is -2.17. The van der Waals surface area contributed by atoms with Gasteiger partial charge in [-0.05, 0) is 127 Å². The summed E-state index contributed by atoms with van der Waals surface area (Å²) >= 11 is 0. The summed E-state index contributed by atoms with van der Waals surface area (Å²) in [5.41, 5.74) is 15.2. The van der Waals surface area contributed by atoms with Crippen molar-refractivity contribution >= 4 is 0 Å². The van der Waals surface area contributed by atoms with Crippen LogP contribution in [0.25, 0.3) is 44.8 Å². The van der Waals surface area contributed by atoms with Gasteiger partial charge in [0.25, 0.3) is 0 Å². The molecule has 0 fully saturated rings. The molecule has 0 N–H and O–H groups in total. The van der Waals surface area contributed by atoms with Crippen LogP contribution in [-0.2, 0) is 19.5 Å². The zero-order valence-electron chi connectivity index (χ0n) is 36.8. The fraction of sp³-hybridized carbons (Fsp3) is 0.277. The molecule has 4 aromatic carbocycles. The van der Waals surface area contributed by atoms with E-state index in [0.29, 0.717) is 11.1 Å². The zero-order chi connectivity index (χ0) is 40.6. The molecule has 0 aliphatic rings. The summed E-state index contributed by atoms with van der Waals surface area (Å²) in [6.45, 7) is 12.3. The molecule has 0 spiro atoms. The second-order valence-corrected chi connectivity index (χ2v) is 14.5. The number of rotatable bonds is 4. The molecule has 2 aromatic heterocycles. The van der Waals surface area contributed by atoms with Crippen LogP contribution in [-0.4, -0.2) is 0 Å². The van der Waals surface area contributed by atoms with Crippen LogP contribution in [0, 0.1) is 48.3 Å². The first-order valence-electron chi connectivity index (χ1n) is 20.0. The Balaban J connectivity index is 0.000000212. The Morgan fingerprint density at radius 3 is 1.24 bits per heavy atom. The fourth-order valence-corrected chi connectivity index (χ4v) is 6.21. The van der Waals surface area contributed by atoms with Crippen molar-refractivity contribution in [3.8, 4) is 44.8 Å². The van der Waals surface area contributed by atoms with Crippen molar-refractivity contribution < 1.29 is 17.4 Å². The van der Waals surface area contributed by atoms with E-state index < -0.39 is 13.7 Å². The minimum Gasteiger partial charge on any atom is -0.201 e. The van der Waals surface area contributed by atoms with Crippen molar-refractivity contribution in [3.63, 3.8) is 0 Å². The van der Waals surface area contributed by atoms with Gasteiger partial charge in [0, 0.05) is 43.6 Å². The highest BCUT2D eigenvalue weighted by Gasteiger charge is 2.18. The first-order valence-corrected chi connectivity index (χ1v) is 17.0. The van der Waals surface area contributed by atoms with Gasteiger partial charge in [0.05, 0.1) is 0 Å². The van der Waals surface area contributed by atoms with E-state index in [1.807, 2.05) is 108 Å². The Labute approximate surface area is 304 Å². The largest absolute Gasteiger partial charge is 0.212 e. The molecule has 0 aliphatic carbocycles. The van der Waals surface area contributed by atoms with Gasteiger partial charge in [-0.2, -0.15) is 0 Å². The van der Waals surface area contributed by atoms with E-state index >= 15 is 0 Å². The topological polar surface area (TPSA) is 7.76 Å². The molecule has 49 heavy (non-hydrogen) atoms. The summed E-state index contributed by atoms with van der Waals surface area (Å²) in [5, 5.41) is 0. The molecule has 0 aliphatic heterocycles. The maximum absolute atomic E-state index is 8.08. The quantitative estimate of drug-likeness (QED) is 0.167. The Kier molecular flexibility index (Phi) is 8.22. The molecule has 0 radical (unpaired) electrons. The van der Waals surface area contributed by atoms with Gasteiger partial charge in [-0.25, -0.2) is 9.13 Å². The smallest absolute Gasteiger partial charge is 0.201 e. The molecule has 0 amide bonds. The summed E-state index contributed by atoms with van der Waals surface area (Å²) in [7, 11) is 4.03. The van der Waals surface area contributed by atoms with Gasteiger partial charge in [-0.1, -0.05) is 87.0 Å². The summed E-state index contributed by atoms with van der Waals surface area (Å²) in [6.07, 6.45) is 4.08. The van der Waals surface area contributed by atoms with Crippen molar-refractivity contribution in [3.05, 3.63) is 154 Å². The lowest BCUT2D eigenvalue weighted by Crippen LogP contribution is -2.30. The fourth-order valence-electron chi connectivity index (χ4n) is 6.21. The number of aryl methyl sites for hydroxylation is 9. The van der Waals surface area contributed by atoms with E-state index in [9.17, 15) is 0 Å². The third-order valence-electron chi connectivity index (χ3n) is 9.32. The first-order chi connectivity index (χ1) is 25.5. The maximum Gasteiger partial charge on any atom is 0.212 e. The molecular weight excluding hydrogens is 593 g/mol. The van der Waals surface area contributed by atoms with Crippen LogP contribution in [0.1, 0.15) is 73.5 Å². The lowest BCUT2D eigenvalue weighted by atomic mass is 9.85. The second-order valence-electron chi connectivity index (χ2n) is 14.5. The maximum atomic E-state index is 8.08. The molecule has 6 aromatic rings. The highest BCUT2D eigenvalue weighted by atomic mass is 14.9. The van der Waals surface area contributed by atoms with E-state index in [4.69, 9.17) is 8.22 Å². The van der Waals surface area contributed by atoms with Crippen LogP contribution in [0.5, 0.6) is 0 Å². The molecule has 0 unspecified atom stereocenters. The van der Waals surface area contributed by atoms with E-state index in [2.05, 4.69) is 80.2 Å². The Hall–Kier alpha value is -4.82. The van der Waals surface area contributed by atoms with Crippen molar-refractivity contribution in [2.24, 2.45) is 14.1 Å². The lowest BCUT2D eigenvalue weighted by molar-refractivity contribution is -0.660. The molecule has 0 atom stereocenters. The minimum absolute atomic E-state index is 0.0547. The van der Waals surface area contributed by atoms with Gasteiger partial charge in [-0.15, -0.1) is 0 Å². The van der Waals surface area contributed by atoms with Gasteiger partial charge in [-0.3, -0.25) is 0 Å². The average Bonchev–Trinajstić information content (AvgIpc) is 3.10. The van der Waals surface area contributed by atoms with Crippen LogP contribution in [0.15, 0.2) is 109 Å². The van der Waals surface area contributed by atoms with Crippen LogP contribution in [0.4, 0.5) is 0 Å². The monoisotopic (exact) mass is 652 g/mol. The summed E-state index contributed by atoms with van der Waals surface area (Å²) in [5.74, 6) is 0. The molecule has 0 saturated heterocycles. The van der Waals surface area contributed by atoms with Crippen LogP contribution >= 0.6 is 0 Å². The van der Waals surface area contributed by atoms with Crippen LogP contribution < -0.4 is 9.13 Å². The van der Waals surface area contributed by atoms with Crippen molar-refractivity contribution in [2.75, 3.05) is 0 Å². The average molecular weight is 653 g/mol. The molecule has 2 nitrogen and oxygen atoms in total. The number of pyridine rings is 2. The van der Waals surface area contributed by atoms with E-state index in [1.165, 1.54) is 16.7 Å². The van der Waals surface area contributed by atoms with Gasteiger partial charge in [0.1, 0.15) is 14.1 Å². The molecule has 0 saturated carbocycles. The number of aromatic nitrogens is 2. The summed E-state index contributed by atoms with van der Waals surface area (Å²) < 4.78 is 52.3. The Morgan fingerprint density at radius 1 is 0.449 bits per heavy atom.